The van der Waals surface area contributed by atoms with Crippen molar-refractivity contribution in [2.75, 3.05) is 12.4 Å². The molecule has 2 amide bonds. The lowest BCUT2D eigenvalue weighted by atomic mass is 10.2. The van der Waals surface area contributed by atoms with E-state index in [9.17, 15) is 4.79 Å². The van der Waals surface area contributed by atoms with Gasteiger partial charge in [-0.25, -0.2) is 4.79 Å². The summed E-state index contributed by atoms with van der Waals surface area (Å²) in [6, 6.07) is 16.2. The Morgan fingerprint density at radius 3 is 2.58 bits per heavy atom. The highest BCUT2D eigenvalue weighted by Crippen LogP contribution is 2.21. The van der Waals surface area contributed by atoms with Crippen molar-refractivity contribution in [2.24, 2.45) is 0 Å². The summed E-state index contributed by atoms with van der Waals surface area (Å²) in [5, 5.41) is 11.2. The topological polar surface area (TPSA) is 71.3 Å². The van der Waals surface area contributed by atoms with Crippen LogP contribution in [0.2, 0.25) is 5.02 Å². The zero-order valence-corrected chi connectivity index (χ0v) is 13.7. The van der Waals surface area contributed by atoms with Crippen LogP contribution in [0.15, 0.2) is 59.0 Å². The number of nitrogens with zero attached hydrogens (tertiary/aromatic N) is 3. The van der Waals surface area contributed by atoms with Crippen LogP contribution in [-0.4, -0.2) is 28.2 Å². The number of nitrogens with one attached hydrogen (secondary N) is 1. The van der Waals surface area contributed by atoms with Gasteiger partial charge in [0.2, 0.25) is 11.8 Å². The smallest absolute Gasteiger partial charge is 0.322 e. The van der Waals surface area contributed by atoms with E-state index in [1.165, 1.54) is 4.90 Å². The maximum absolute atomic E-state index is 12.2. The highest BCUT2D eigenvalue weighted by Gasteiger charge is 2.15. The zero-order valence-electron chi connectivity index (χ0n) is 12.9. The average molecular weight is 343 g/mol. The van der Waals surface area contributed by atoms with Crippen LogP contribution in [0.5, 0.6) is 0 Å². The van der Waals surface area contributed by atoms with E-state index in [4.69, 9.17) is 16.0 Å². The van der Waals surface area contributed by atoms with Gasteiger partial charge in [0.1, 0.15) is 6.54 Å². The number of benzene rings is 2. The van der Waals surface area contributed by atoms with Crippen molar-refractivity contribution in [3.05, 3.63) is 65.5 Å². The summed E-state index contributed by atoms with van der Waals surface area (Å²) in [4.78, 5) is 13.6. The predicted molar refractivity (Wildman–Crippen MR) is 91.7 cm³/mol. The molecule has 24 heavy (non-hydrogen) atoms. The Bertz CT molecular complexity index is 835. The number of para-hydroxylation sites is 1. The fraction of sp³-hybridized carbons (Fsp3) is 0.118. The van der Waals surface area contributed by atoms with Gasteiger partial charge in [-0.15, -0.1) is 10.2 Å². The first-order chi connectivity index (χ1) is 11.6. The molecule has 0 aliphatic rings. The maximum atomic E-state index is 12.2. The van der Waals surface area contributed by atoms with Crippen molar-refractivity contribution in [3.63, 3.8) is 0 Å². The fourth-order valence-corrected chi connectivity index (χ4v) is 2.25. The molecule has 3 rings (SSSR count). The summed E-state index contributed by atoms with van der Waals surface area (Å²) in [6.45, 7) is 0.191. The molecule has 1 aromatic heterocycles. The van der Waals surface area contributed by atoms with Crippen LogP contribution in [0.3, 0.4) is 0 Å². The molecular formula is C17H15ClN4O2. The monoisotopic (exact) mass is 342 g/mol. The van der Waals surface area contributed by atoms with E-state index in [1.54, 1.807) is 31.3 Å². The SMILES string of the molecule is CN(Cc1nnc(-c2ccccc2)o1)C(=O)Nc1ccccc1Cl. The van der Waals surface area contributed by atoms with E-state index in [0.717, 1.165) is 5.56 Å². The second-order valence-corrected chi connectivity index (χ2v) is 5.54. The minimum Gasteiger partial charge on any atom is -0.419 e. The Hall–Kier alpha value is -2.86. The molecule has 2 aromatic carbocycles. The summed E-state index contributed by atoms with van der Waals surface area (Å²) in [7, 11) is 1.64. The molecule has 0 saturated heterocycles. The number of carbonyl (C=O) groups excluding carboxylic acids is 1. The Balaban J connectivity index is 1.65. The number of hydrogen-bond acceptors (Lipinski definition) is 4. The number of amides is 2. The van der Waals surface area contributed by atoms with Crippen LogP contribution in [0.25, 0.3) is 11.5 Å². The number of anilines is 1. The van der Waals surface area contributed by atoms with Crippen LogP contribution >= 0.6 is 11.6 Å². The number of rotatable bonds is 4. The fourth-order valence-electron chi connectivity index (χ4n) is 2.06. The third-order valence-corrected chi connectivity index (χ3v) is 3.65. The van der Waals surface area contributed by atoms with Crippen molar-refractivity contribution in [1.82, 2.24) is 15.1 Å². The molecule has 3 aromatic rings. The Morgan fingerprint density at radius 1 is 1.12 bits per heavy atom. The molecule has 0 bridgehead atoms. The third kappa shape index (κ3) is 3.72. The van der Waals surface area contributed by atoms with Gasteiger partial charge >= 0.3 is 6.03 Å². The van der Waals surface area contributed by atoms with Gasteiger partial charge in [0.05, 0.1) is 10.7 Å². The molecular weight excluding hydrogens is 328 g/mol. The van der Waals surface area contributed by atoms with E-state index in [0.29, 0.717) is 22.5 Å². The van der Waals surface area contributed by atoms with Gasteiger partial charge in [-0.05, 0) is 24.3 Å². The summed E-state index contributed by atoms with van der Waals surface area (Å²) >= 11 is 6.03. The van der Waals surface area contributed by atoms with Crippen molar-refractivity contribution in [1.29, 1.82) is 0 Å². The first-order valence-electron chi connectivity index (χ1n) is 7.28. The molecule has 6 nitrogen and oxygen atoms in total. The number of urea groups is 1. The molecule has 0 saturated carbocycles. The maximum Gasteiger partial charge on any atom is 0.322 e. The third-order valence-electron chi connectivity index (χ3n) is 3.32. The molecule has 0 radical (unpaired) electrons. The second-order valence-electron chi connectivity index (χ2n) is 5.13. The van der Waals surface area contributed by atoms with E-state index >= 15 is 0 Å². The van der Waals surface area contributed by atoms with Crippen LogP contribution in [-0.2, 0) is 6.54 Å². The van der Waals surface area contributed by atoms with E-state index < -0.39 is 0 Å². The average Bonchev–Trinajstić information content (AvgIpc) is 3.06. The number of aromatic nitrogens is 2. The highest BCUT2D eigenvalue weighted by atomic mass is 35.5. The van der Waals surface area contributed by atoms with Crippen LogP contribution in [0.1, 0.15) is 5.89 Å². The molecule has 1 N–H and O–H groups in total. The molecule has 0 atom stereocenters. The highest BCUT2D eigenvalue weighted by molar-refractivity contribution is 6.33. The second kappa shape index (κ2) is 7.14. The first kappa shape index (κ1) is 16.0. The Morgan fingerprint density at radius 2 is 1.83 bits per heavy atom. The molecule has 122 valence electrons. The molecule has 0 aliphatic heterocycles. The van der Waals surface area contributed by atoms with Crippen LogP contribution in [0, 0.1) is 0 Å². The summed E-state index contributed by atoms with van der Waals surface area (Å²) in [6.07, 6.45) is 0. The molecule has 0 fully saturated rings. The van der Waals surface area contributed by atoms with Crippen LogP contribution in [0.4, 0.5) is 10.5 Å². The largest absolute Gasteiger partial charge is 0.419 e. The van der Waals surface area contributed by atoms with Gasteiger partial charge in [0.25, 0.3) is 0 Å². The minimum atomic E-state index is -0.317. The molecule has 0 unspecified atom stereocenters. The van der Waals surface area contributed by atoms with Crippen molar-refractivity contribution >= 4 is 23.3 Å². The predicted octanol–water partition coefficient (Wildman–Crippen LogP) is 4.05. The lowest BCUT2D eigenvalue weighted by molar-refractivity contribution is 0.216. The summed E-state index contributed by atoms with van der Waals surface area (Å²) < 4.78 is 5.59. The first-order valence-corrected chi connectivity index (χ1v) is 7.66. The lowest BCUT2D eigenvalue weighted by Gasteiger charge is -2.16. The van der Waals surface area contributed by atoms with Crippen molar-refractivity contribution < 1.29 is 9.21 Å². The number of halogens is 1. The van der Waals surface area contributed by atoms with Crippen molar-refractivity contribution in [2.45, 2.75) is 6.54 Å². The molecule has 1 heterocycles. The number of carbonyl (C=O) groups is 1. The van der Waals surface area contributed by atoms with E-state index in [1.807, 2.05) is 30.3 Å². The van der Waals surface area contributed by atoms with Gasteiger partial charge in [-0.2, -0.15) is 0 Å². The standard InChI is InChI=1S/C17H15ClN4O2/c1-22(17(23)19-14-10-6-5-9-13(14)18)11-15-20-21-16(24-15)12-7-3-2-4-8-12/h2-10H,11H2,1H3,(H,19,23). The van der Waals surface area contributed by atoms with Gasteiger partial charge < -0.3 is 14.6 Å². The molecule has 0 aliphatic carbocycles. The summed E-state index contributed by atoms with van der Waals surface area (Å²) in [5.74, 6) is 0.774. The molecule has 7 heteroatoms. The Labute approximate surface area is 144 Å². The quantitative estimate of drug-likeness (QED) is 0.776. The number of hydrogen-bond donors (Lipinski definition) is 1. The lowest BCUT2D eigenvalue weighted by Crippen LogP contribution is -2.31. The summed E-state index contributed by atoms with van der Waals surface area (Å²) in [5.41, 5.74) is 1.38. The Kier molecular flexibility index (Phi) is 4.77. The van der Waals surface area contributed by atoms with Gasteiger partial charge in [0, 0.05) is 12.6 Å². The van der Waals surface area contributed by atoms with E-state index in [2.05, 4.69) is 15.5 Å². The van der Waals surface area contributed by atoms with Gasteiger partial charge in [-0.1, -0.05) is 41.9 Å². The van der Waals surface area contributed by atoms with Crippen molar-refractivity contribution in [3.8, 4) is 11.5 Å². The van der Waals surface area contributed by atoms with Gasteiger partial charge in [-0.3, -0.25) is 0 Å². The van der Waals surface area contributed by atoms with Crippen LogP contribution < -0.4 is 5.32 Å². The van der Waals surface area contributed by atoms with Gasteiger partial charge in [0.15, 0.2) is 0 Å². The molecule has 0 spiro atoms. The zero-order chi connectivity index (χ0) is 16.9. The normalized spacial score (nSPS) is 10.4. The minimum absolute atomic E-state index is 0.191. The van der Waals surface area contributed by atoms with E-state index in [-0.39, 0.29) is 12.6 Å².